The maximum absolute atomic E-state index is 11.9. The van der Waals surface area contributed by atoms with Gasteiger partial charge in [0.2, 0.25) is 0 Å². The molecule has 0 unspecified atom stereocenters. The van der Waals surface area contributed by atoms with Gasteiger partial charge in [0.1, 0.15) is 11.5 Å². The van der Waals surface area contributed by atoms with Gasteiger partial charge in [-0.2, -0.15) is 0 Å². The molecule has 0 aromatic rings. The van der Waals surface area contributed by atoms with Crippen molar-refractivity contribution < 1.29 is 24.5 Å². The quantitative estimate of drug-likeness (QED) is 0.480. The minimum atomic E-state index is -1.12. The first-order chi connectivity index (χ1) is 7.84. The van der Waals surface area contributed by atoms with Crippen LogP contribution >= 0.6 is 0 Å². The molecule has 0 aliphatic carbocycles. The van der Waals surface area contributed by atoms with Crippen molar-refractivity contribution in [3.8, 4) is 0 Å². The molecule has 0 radical (unpaired) electrons. The predicted octanol–water partition coefficient (Wildman–Crippen LogP) is -1.65. The molecule has 0 aromatic heterocycles. The van der Waals surface area contributed by atoms with E-state index in [-0.39, 0.29) is 13.0 Å². The molecule has 96 valence electrons. The monoisotopic (exact) mass is 244 g/mol. The van der Waals surface area contributed by atoms with Crippen molar-refractivity contribution in [2.24, 2.45) is 5.41 Å². The lowest BCUT2D eigenvalue weighted by Crippen LogP contribution is -2.53. The van der Waals surface area contributed by atoms with Crippen LogP contribution in [0.15, 0.2) is 0 Å². The second kappa shape index (κ2) is 3.94. The van der Waals surface area contributed by atoms with E-state index in [9.17, 15) is 19.8 Å². The summed E-state index contributed by atoms with van der Waals surface area (Å²) in [7, 11) is 0. The first-order valence-electron chi connectivity index (χ1n) is 5.46. The van der Waals surface area contributed by atoms with Crippen LogP contribution in [-0.4, -0.2) is 52.1 Å². The summed E-state index contributed by atoms with van der Waals surface area (Å²) in [5, 5.41) is 19.9. The highest BCUT2D eigenvalue weighted by Gasteiger charge is 2.50. The van der Waals surface area contributed by atoms with Gasteiger partial charge in [-0.05, 0) is 13.8 Å². The molecule has 2 aliphatic heterocycles. The number of ether oxygens (including phenoxy) is 1. The Morgan fingerprint density at radius 1 is 1.35 bits per heavy atom. The fraction of sp³-hybridized carbons (Fsp3) is 0.800. The summed E-state index contributed by atoms with van der Waals surface area (Å²) in [5.41, 5.74) is 1.31. The van der Waals surface area contributed by atoms with Crippen molar-refractivity contribution in [2.45, 2.75) is 38.7 Å². The molecule has 7 heteroatoms. The number of hydrogen-bond acceptors (Lipinski definition) is 5. The summed E-state index contributed by atoms with van der Waals surface area (Å²) < 4.78 is 5.24. The zero-order valence-corrected chi connectivity index (χ0v) is 9.71. The molecule has 3 atom stereocenters. The van der Waals surface area contributed by atoms with E-state index in [2.05, 4.69) is 5.43 Å². The van der Waals surface area contributed by atoms with Crippen molar-refractivity contribution in [1.29, 1.82) is 0 Å². The number of amides is 2. The molecular formula is C10H16N2O5. The van der Waals surface area contributed by atoms with E-state index in [1.807, 2.05) is 0 Å². The third-order valence-corrected chi connectivity index (χ3v) is 3.18. The van der Waals surface area contributed by atoms with E-state index >= 15 is 0 Å². The van der Waals surface area contributed by atoms with Gasteiger partial charge in [-0.3, -0.25) is 15.0 Å². The fourth-order valence-corrected chi connectivity index (χ4v) is 1.83. The third kappa shape index (κ3) is 1.90. The number of carbonyl (C=O) groups is 2. The van der Waals surface area contributed by atoms with Gasteiger partial charge in [-0.25, -0.2) is 5.01 Å². The SMILES string of the molecule is CC1(C)C(=O)NN([C@@H]2C[C@H](O)[C@H](O)CO2)C1=O. The summed E-state index contributed by atoms with van der Waals surface area (Å²) in [6.07, 6.45) is -2.56. The Kier molecular flexibility index (Phi) is 2.84. The summed E-state index contributed by atoms with van der Waals surface area (Å²) in [5.74, 6) is -0.789. The molecule has 3 N–H and O–H groups in total. The average Bonchev–Trinajstić information content (AvgIpc) is 2.46. The second-order valence-electron chi connectivity index (χ2n) is 4.90. The molecule has 7 nitrogen and oxygen atoms in total. The molecule has 2 heterocycles. The zero-order valence-electron chi connectivity index (χ0n) is 9.71. The minimum Gasteiger partial charge on any atom is -0.390 e. The largest absolute Gasteiger partial charge is 0.390 e. The predicted molar refractivity (Wildman–Crippen MR) is 55.1 cm³/mol. The van der Waals surface area contributed by atoms with E-state index in [0.29, 0.717) is 0 Å². The summed E-state index contributed by atoms with van der Waals surface area (Å²) in [4.78, 5) is 23.5. The number of aliphatic hydroxyl groups excluding tert-OH is 2. The van der Waals surface area contributed by atoms with E-state index < -0.39 is 35.7 Å². The first kappa shape index (κ1) is 12.3. The van der Waals surface area contributed by atoms with Crippen molar-refractivity contribution in [2.75, 3.05) is 6.61 Å². The van der Waals surface area contributed by atoms with Crippen LogP contribution in [0, 0.1) is 5.41 Å². The molecule has 2 aliphatic rings. The van der Waals surface area contributed by atoms with Gasteiger partial charge in [0.25, 0.3) is 11.8 Å². The van der Waals surface area contributed by atoms with Gasteiger partial charge in [0, 0.05) is 6.42 Å². The number of carbonyl (C=O) groups excluding carboxylic acids is 2. The average molecular weight is 244 g/mol. The molecule has 0 aromatic carbocycles. The molecule has 0 bridgehead atoms. The molecule has 0 spiro atoms. The number of hydrogen-bond donors (Lipinski definition) is 3. The van der Waals surface area contributed by atoms with Gasteiger partial charge in [-0.1, -0.05) is 0 Å². The maximum atomic E-state index is 11.9. The molecular weight excluding hydrogens is 228 g/mol. The lowest BCUT2D eigenvalue weighted by Gasteiger charge is -2.35. The normalized spacial score (nSPS) is 37.2. The number of aliphatic hydroxyl groups is 2. The lowest BCUT2D eigenvalue weighted by molar-refractivity contribution is -0.184. The fourth-order valence-electron chi connectivity index (χ4n) is 1.83. The van der Waals surface area contributed by atoms with Crippen LogP contribution < -0.4 is 5.43 Å². The van der Waals surface area contributed by atoms with Crippen LogP contribution in [0.5, 0.6) is 0 Å². The highest BCUT2D eigenvalue weighted by molar-refractivity contribution is 6.08. The highest BCUT2D eigenvalue weighted by atomic mass is 16.5. The summed E-state index contributed by atoms with van der Waals surface area (Å²) in [6.45, 7) is 2.99. The molecule has 2 rings (SSSR count). The summed E-state index contributed by atoms with van der Waals surface area (Å²) in [6, 6.07) is 0. The third-order valence-electron chi connectivity index (χ3n) is 3.18. The van der Waals surface area contributed by atoms with E-state index in [1.54, 1.807) is 0 Å². The Hall–Kier alpha value is -1.18. The zero-order chi connectivity index (χ0) is 12.8. The molecule has 2 fully saturated rings. The number of rotatable bonds is 1. The Balaban J connectivity index is 2.10. The first-order valence-corrected chi connectivity index (χ1v) is 5.46. The maximum Gasteiger partial charge on any atom is 0.258 e. The van der Waals surface area contributed by atoms with Crippen molar-refractivity contribution in [1.82, 2.24) is 10.4 Å². The topological polar surface area (TPSA) is 99.1 Å². The smallest absolute Gasteiger partial charge is 0.258 e. The van der Waals surface area contributed by atoms with Crippen LogP contribution in [0.25, 0.3) is 0 Å². The van der Waals surface area contributed by atoms with Crippen LogP contribution in [-0.2, 0) is 14.3 Å². The Labute approximate surface area is 98.3 Å². The van der Waals surface area contributed by atoms with E-state index in [0.717, 1.165) is 5.01 Å². The molecule has 2 saturated heterocycles. The van der Waals surface area contributed by atoms with Crippen molar-refractivity contribution >= 4 is 11.8 Å². The number of nitrogens with one attached hydrogen (secondary N) is 1. The molecule has 0 saturated carbocycles. The number of hydrazine groups is 1. The van der Waals surface area contributed by atoms with Crippen LogP contribution in [0.2, 0.25) is 0 Å². The minimum absolute atomic E-state index is 0.0636. The van der Waals surface area contributed by atoms with Crippen molar-refractivity contribution in [3.63, 3.8) is 0 Å². The highest BCUT2D eigenvalue weighted by Crippen LogP contribution is 2.28. The van der Waals surface area contributed by atoms with Gasteiger partial charge in [0.15, 0.2) is 6.23 Å². The van der Waals surface area contributed by atoms with Gasteiger partial charge >= 0.3 is 0 Å². The van der Waals surface area contributed by atoms with Gasteiger partial charge < -0.3 is 14.9 Å². The molecule has 2 amide bonds. The van der Waals surface area contributed by atoms with E-state index in [1.165, 1.54) is 13.8 Å². The van der Waals surface area contributed by atoms with Crippen LogP contribution in [0.4, 0.5) is 0 Å². The van der Waals surface area contributed by atoms with Crippen LogP contribution in [0.1, 0.15) is 20.3 Å². The Morgan fingerprint density at radius 2 is 2.00 bits per heavy atom. The molecule has 17 heavy (non-hydrogen) atoms. The second-order valence-corrected chi connectivity index (χ2v) is 4.90. The van der Waals surface area contributed by atoms with Crippen LogP contribution in [0.3, 0.4) is 0 Å². The van der Waals surface area contributed by atoms with Gasteiger partial charge in [0.05, 0.1) is 12.7 Å². The standard InChI is InChI=1S/C10H16N2O5/c1-10(2)8(15)11-12(9(10)16)7-3-5(13)6(14)4-17-7/h5-7,13-14H,3-4H2,1-2H3,(H,11,15)/t5-,6+,7-/m0/s1. The van der Waals surface area contributed by atoms with Crippen molar-refractivity contribution in [3.05, 3.63) is 0 Å². The van der Waals surface area contributed by atoms with Gasteiger partial charge in [-0.15, -0.1) is 0 Å². The number of nitrogens with zero attached hydrogens (tertiary/aromatic N) is 1. The lowest BCUT2D eigenvalue weighted by atomic mass is 9.93. The van der Waals surface area contributed by atoms with E-state index in [4.69, 9.17) is 4.74 Å². The Bertz CT molecular complexity index is 357. The summed E-state index contributed by atoms with van der Waals surface area (Å²) >= 11 is 0. The Morgan fingerprint density at radius 3 is 2.47 bits per heavy atom.